The predicted molar refractivity (Wildman–Crippen MR) is 79.0 cm³/mol. The molecule has 0 N–H and O–H groups in total. The Kier molecular flexibility index (Phi) is 3.65. The van der Waals surface area contributed by atoms with Crippen molar-refractivity contribution in [2.24, 2.45) is 5.92 Å². The van der Waals surface area contributed by atoms with E-state index in [9.17, 15) is 13.2 Å². The van der Waals surface area contributed by atoms with Crippen LogP contribution in [0.4, 0.5) is 0 Å². The highest BCUT2D eigenvalue weighted by Gasteiger charge is 2.36. The summed E-state index contributed by atoms with van der Waals surface area (Å²) in [6.45, 7) is 0.361. The SMILES string of the molecule is CN(C(=O)[C@H]1COc2ccccc2C1)[C@@H]1CCS(=O)(=O)C1. The van der Waals surface area contributed by atoms with E-state index in [1.54, 1.807) is 11.9 Å². The Morgan fingerprint density at radius 1 is 1.33 bits per heavy atom. The van der Waals surface area contributed by atoms with Gasteiger partial charge in [0.25, 0.3) is 0 Å². The van der Waals surface area contributed by atoms with E-state index < -0.39 is 9.84 Å². The molecule has 2 aliphatic heterocycles. The molecule has 114 valence electrons. The lowest BCUT2D eigenvalue weighted by Gasteiger charge is -2.31. The fourth-order valence-corrected chi connectivity index (χ4v) is 4.81. The maximum absolute atomic E-state index is 12.6. The minimum Gasteiger partial charge on any atom is -0.492 e. The highest BCUT2D eigenvalue weighted by molar-refractivity contribution is 7.91. The summed E-state index contributed by atoms with van der Waals surface area (Å²) in [7, 11) is -1.28. The monoisotopic (exact) mass is 309 g/mol. The van der Waals surface area contributed by atoms with Crippen molar-refractivity contribution in [1.29, 1.82) is 0 Å². The van der Waals surface area contributed by atoms with Crippen molar-refractivity contribution >= 4 is 15.7 Å². The van der Waals surface area contributed by atoms with Crippen molar-refractivity contribution in [2.45, 2.75) is 18.9 Å². The van der Waals surface area contributed by atoms with Crippen LogP contribution in [-0.4, -0.2) is 50.4 Å². The van der Waals surface area contributed by atoms with Crippen LogP contribution in [-0.2, 0) is 21.1 Å². The molecule has 0 radical (unpaired) electrons. The number of ether oxygens (including phenoxy) is 1. The third-order valence-corrected chi connectivity index (χ3v) is 6.08. The molecule has 2 heterocycles. The zero-order valence-corrected chi connectivity index (χ0v) is 12.8. The molecule has 3 rings (SSSR count). The fraction of sp³-hybridized carbons (Fsp3) is 0.533. The quantitative estimate of drug-likeness (QED) is 0.814. The van der Waals surface area contributed by atoms with Gasteiger partial charge in [-0.2, -0.15) is 0 Å². The second kappa shape index (κ2) is 5.33. The van der Waals surface area contributed by atoms with Crippen LogP contribution >= 0.6 is 0 Å². The number of hydrogen-bond acceptors (Lipinski definition) is 4. The molecule has 1 aromatic carbocycles. The average molecular weight is 309 g/mol. The second-order valence-corrected chi connectivity index (χ2v) is 8.05. The Bertz CT molecular complexity index is 655. The number of carbonyl (C=O) groups excluding carboxylic acids is 1. The van der Waals surface area contributed by atoms with Crippen LogP contribution in [0.2, 0.25) is 0 Å². The first-order valence-corrected chi connectivity index (χ1v) is 8.96. The normalized spacial score (nSPS) is 26.7. The standard InChI is InChI=1S/C15H19NO4S/c1-16(13-6-7-21(18,19)10-13)15(17)12-8-11-4-2-3-5-14(11)20-9-12/h2-5,12-13H,6-10H2,1H3/t12-,13-/m1/s1. The average Bonchev–Trinajstić information content (AvgIpc) is 2.85. The number of amides is 1. The van der Waals surface area contributed by atoms with Crippen LogP contribution in [0, 0.1) is 5.92 Å². The van der Waals surface area contributed by atoms with E-state index in [-0.39, 0.29) is 29.4 Å². The van der Waals surface area contributed by atoms with Crippen molar-refractivity contribution in [3.05, 3.63) is 29.8 Å². The smallest absolute Gasteiger partial charge is 0.229 e. The first kappa shape index (κ1) is 14.4. The highest BCUT2D eigenvalue weighted by Crippen LogP contribution is 2.28. The van der Waals surface area contributed by atoms with E-state index in [4.69, 9.17) is 4.74 Å². The Hall–Kier alpha value is -1.56. The predicted octanol–water partition coefficient (Wildman–Crippen LogP) is 0.883. The van der Waals surface area contributed by atoms with Gasteiger partial charge in [0, 0.05) is 13.1 Å². The van der Waals surface area contributed by atoms with Gasteiger partial charge in [0.15, 0.2) is 9.84 Å². The largest absolute Gasteiger partial charge is 0.492 e. The molecular formula is C15H19NO4S. The van der Waals surface area contributed by atoms with Gasteiger partial charge in [-0.3, -0.25) is 4.79 Å². The molecule has 5 nitrogen and oxygen atoms in total. The molecule has 1 fully saturated rings. The molecule has 0 aliphatic carbocycles. The van der Waals surface area contributed by atoms with Gasteiger partial charge >= 0.3 is 0 Å². The van der Waals surface area contributed by atoms with Crippen LogP contribution in [0.1, 0.15) is 12.0 Å². The molecular weight excluding hydrogens is 290 g/mol. The Morgan fingerprint density at radius 2 is 2.10 bits per heavy atom. The molecule has 1 amide bonds. The maximum Gasteiger partial charge on any atom is 0.229 e. The lowest BCUT2D eigenvalue weighted by Crippen LogP contribution is -2.44. The molecule has 0 unspecified atom stereocenters. The highest BCUT2D eigenvalue weighted by atomic mass is 32.2. The summed E-state index contributed by atoms with van der Waals surface area (Å²) < 4.78 is 28.7. The third kappa shape index (κ3) is 2.90. The van der Waals surface area contributed by atoms with Crippen molar-refractivity contribution < 1.29 is 17.9 Å². The van der Waals surface area contributed by atoms with Crippen LogP contribution in [0.5, 0.6) is 5.75 Å². The number of rotatable bonds is 2. The lowest BCUT2D eigenvalue weighted by molar-refractivity contribution is -0.137. The van der Waals surface area contributed by atoms with E-state index in [1.165, 1.54) is 0 Å². The molecule has 21 heavy (non-hydrogen) atoms. The first-order chi connectivity index (χ1) is 9.96. The Morgan fingerprint density at radius 3 is 2.81 bits per heavy atom. The van der Waals surface area contributed by atoms with Gasteiger partial charge in [-0.15, -0.1) is 0 Å². The van der Waals surface area contributed by atoms with E-state index in [1.807, 2.05) is 24.3 Å². The number of carbonyl (C=O) groups is 1. The van der Waals surface area contributed by atoms with E-state index in [2.05, 4.69) is 0 Å². The number of fused-ring (bicyclic) bond motifs is 1. The summed E-state index contributed by atoms with van der Waals surface area (Å²) in [5, 5.41) is 0. The van der Waals surface area contributed by atoms with Gasteiger partial charge in [0.2, 0.25) is 5.91 Å². The molecule has 1 aromatic rings. The number of para-hydroxylation sites is 1. The number of sulfone groups is 1. The number of hydrogen-bond donors (Lipinski definition) is 0. The van der Waals surface area contributed by atoms with Crippen LogP contribution < -0.4 is 4.74 Å². The summed E-state index contributed by atoms with van der Waals surface area (Å²) in [4.78, 5) is 14.2. The molecule has 0 saturated carbocycles. The van der Waals surface area contributed by atoms with Gasteiger partial charge in [-0.1, -0.05) is 18.2 Å². The molecule has 2 aliphatic rings. The first-order valence-electron chi connectivity index (χ1n) is 7.14. The Balaban J connectivity index is 1.69. The van der Waals surface area contributed by atoms with Gasteiger partial charge in [-0.05, 0) is 24.5 Å². The minimum atomic E-state index is -2.98. The summed E-state index contributed by atoms with van der Waals surface area (Å²) in [6.07, 6.45) is 1.19. The van der Waals surface area contributed by atoms with Crippen LogP contribution in [0.15, 0.2) is 24.3 Å². The molecule has 2 atom stereocenters. The van der Waals surface area contributed by atoms with Crippen molar-refractivity contribution in [3.63, 3.8) is 0 Å². The lowest BCUT2D eigenvalue weighted by atomic mass is 9.95. The molecule has 0 spiro atoms. The van der Waals surface area contributed by atoms with E-state index in [0.717, 1.165) is 11.3 Å². The van der Waals surface area contributed by atoms with Crippen LogP contribution in [0.25, 0.3) is 0 Å². The summed E-state index contributed by atoms with van der Waals surface area (Å²) in [5.41, 5.74) is 1.04. The number of nitrogens with zero attached hydrogens (tertiary/aromatic N) is 1. The zero-order chi connectivity index (χ0) is 15.0. The summed E-state index contributed by atoms with van der Waals surface area (Å²) >= 11 is 0. The maximum atomic E-state index is 12.6. The van der Waals surface area contributed by atoms with E-state index >= 15 is 0 Å². The molecule has 0 aromatic heterocycles. The van der Waals surface area contributed by atoms with Crippen molar-refractivity contribution in [1.82, 2.24) is 4.90 Å². The van der Waals surface area contributed by atoms with Crippen molar-refractivity contribution in [3.8, 4) is 5.75 Å². The van der Waals surface area contributed by atoms with Crippen molar-refractivity contribution in [2.75, 3.05) is 25.2 Å². The topological polar surface area (TPSA) is 63.7 Å². The zero-order valence-electron chi connectivity index (χ0n) is 12.0. The van der Waals surface area contributed by atoms with Gasteiger partial charge < -0.3 is 9.64 Å². The van der Waals surface area contributed by atoms with Gasteiger partial charge in [0.1, 0.15) is 12.4 Å². The van der Waals surface area contributed by atoms with Gasteiger partial charge in [0.05, 0.1) is 17.4 Å². The Labute approximate surface area is 124 Å². The fourth-order valence-electron chi connectivity index (χ4n) is 3.04. The van der Waals surface area contributed by atoms with E-state index in [0.29, 0.717) is 19.4 Å². The molecule has 0 bridgehead atoms. The third-order valence-electron chi connectivity index (χ3n) is 4.33. The molecule has 1 saturated heterocycles. The second-order valence-electron chi connectivity index (χ2n) is 5.83. The number of benzene rings is 1. The summed E-state index contributed by atoms with van der Waals surface area (Å²) in [5.74, 6) is 0.853. The minimum absolute atomic E-state index is 0.0217. The summed E-state index contributed by atoms with van der Waals surface area (Å²) in [6, 6.07) is 7.52. The molecule has 6 heteroatoms. The van der Waals surface area contributed by atoms with Gasteiger partial charge in [-0.25, -0.2) is 8.42 Å². The van der Waals surface area contributed by atoms with Crippen LogP contribution in [0.3, 0.4) is 0 Å².